The molecule has 1 aromatic heterocycles. The highest BCUT2D eigenvalue weighted by Gasteiger charge is 2.52. The van der Waals surface area contributed by atoms with Crippen LogP contribution in [0.3, 0.4) is 0 Å². The zero-order chi connectivity index (χ0) is 27.1. The third-order valence-corrected chi connectivity index (χ3v) is 9.18. The second kappa shape index (κ2) is 10.5. The smallest absolute Gasteiger partial charge is 0.326 e. The number of amides is 4. The Morgan fingerprint density at radius 2 is 1.85 bits per heavy atom. The van der Waals surface area contributed by atoms with Crippen LogP contribution in [0.5, 0.6) is 11.6 Å². The fraction of sp³-hybridized carbons (Fsp3) is 0.429. The minimum atomic E-state index is -0.265. The summed E-state index contributed by atoms with van der Waals surface area (Å²) in [5, 5.41) is 12.7. The summed E-state index contributed by atoms with van der Waals surface area (Å²) in [6.07, 6.45) is 3.35. The van der Waals surface area contributed by atoms with Crippen LogP contribution in [0.2, 0.25) is 0 Å². The topological polar surface area (TPSA) is 125 Å². The maximum atomic E-state index is 13.6. The van der Waals surface area contributed by atoms with E-state index in [0.29, 0.717) is 27.9 Å². The molecule has 4 N–H and O–H groups in total. The molecule has 3 fully saturated rings. The minimum Gasteiger partial charge on any atom is -0.439 e. The number of thioether (sulfide) groups is 1. The molecule has 0 bridgehead atoms. The van der Waals surface area contributed by atoms with Crippen LogP contribution >= 0.6 is 11.8 Å². The van der Waals surface area contributed by atoms with Crippen molar-refractivity contribution in [3.63, 3.8) is 0 Å². The van der Waals surface area contributed by atoms with Gasteiger partial charge in [-0.3, -0.25) is 14.5 Å². The number of piperidine rings is 1. The van der Waals surface area contributed by atoms with Crippen molar-refractivity contribution in [3.05, 3.63) is 58.8 Å². The van der Waals surface area contributed by atoms with Gasteiger partial charge in [0.2, 0.25) is 11.8 Å². The Bertz CT molecular complexity index is 1330. The van der Waals surface area contributed by atoms with Crippen LogP contribution in [0.1, 0.15) is 38.3 Å². The van der Waals surface area contributed by atoms with Gasteiger partial charge in [0.1, 0.15) is 5.75 Å². The zero-order valence-electron chi connectivity index (χ0n) is 21.9. The number of ether oxygens (including phenoxy) is 1. The van der Waals surface area contributed by atoms with Crippen LogP contribution in [0.25, 0.3) is 0 Å². The Morgan fingerprint density at radius 1 is 1.08 bits per heavy atom. The van der Waals surface area contributed by atoms with E-state index in [2.05, 4.69) is 26.3 Å². The van der Waals surface area contributed by atoms with E-state index in [9.17, 15) is 14.4 Å². The molecular weight excluding hydrogens is 516 g/mol. The van der Waals surface area contributed by atoms with Crippen LogP contribution in [0.4, 0.5) is 10.5 Å². The standard InChI is InChI=1S/C28H32N6O4S/c1-15-20(11-12-22(30-15)38-17-7-4-3-5-8-17)34-21-13-14-29-27-23(21)24(33-28(34)37)25(39-27)26(36)32-19-10-6-9-18(19)31-16(2)35/h3-5,7-8,11-12,18-19,21,23,27,29H,6,9-10,13-14H2,1-2H3,(H,31,35)(H,32,36)(H,33,37)/t18-,19-,21?,23?,27?/m1/s1. The molecule has 0 spiro atoms. The molecule has 4 aliphatic rings. The quantitative estimate of drug-likeness (QED) is 0.437. The average molecular weight is 549 g/mol. The van der Waals surface area contributed by atoms with Crippen LogP contribution in [-0.2, 0) is 9.59 Å². The van der Waals surface area contributed by atoms with Crippen molar-refractivity contribution >= 4 is 35.3 Å². The van der Waals surface area contributed by atoms with Crippen LogP contribution in [-0.4, -0.2) is 52.9 Å². The van der Waals surface area contributed by atoms with E-state index in [4.69, 9.17) is 4.74 Å². The van der Waals surface area contributed by atoms with Crippen LogP contribution in [0, 0.1) is 12.8 Å². The van der Waals surface area contributed by atoms with Crippen molar-refractivity contribution in [3.8, 4) is 11.6 Å². The van der Waals surface area contributed by atoms with Gasteiger partial charge in [-0.25, -0.2) is 9.78 Å². The third kappa shape index (κ3) is 4.96. The van der Waals surface area contributed by atoms with Gasteiger partial charge in [0, 0.05) is 36.7 Å². The Balaban J connectivity index is 1.23. The molecule has 3 unspecified atom stereocenters. The van der Waals surface area contributed by atoms with Crippen molar-refractivity contribution in [1.29, 1.82) is 0 Å². The number of nitrogens with zero attached hydrogens (tertiary/aromatic N) is 2. The Labute approximate surface area is 231 Å². The van der Waals surface area contributed by atoms with Crippen molar-refractivity contribution < 1.29 is 19.1 Å². The number of hydrogen-bond donors (Lipinski definition) is 4. The summed E-state index contributed by atoms with van der Waals surface area (Å²) in [6, 6.07) is 12.5. The Hall–Kier alpha value is -3.57. The first kappa shape index (κ1) is 25.7. The largest absolute Gasteiger partial charge is 0.439 e. The number of benzene rings is 1. The fourth-order valence-electron chi connectivity index (χ4n) is 6.15. The Morgan fingerprint density at radius 3 is 2.59 bits per heavy atom. The number of carbonyl (C=O) groups is 3. The summed E-state index contributed by atoms with van der Waals surface area (Å²) < 4.78 is 5.88. The van der Waals surface area contributed by atoms with E-state index in [0.717, 1.165) is 37.9 Å². The average Bonchev–Trinajstić information content (AvgIpc) is 3.50. The number of carbonyl (C=O) groups excluding carboxylic acids is 3. The molecule has 39 heavy (non-hydrogen) atoms. The predicted octanol–water partition coefficient (Wildman–Crippen LogP) is 3.15. The number of pyridine rings is 1. The van der Waals surface area contributed by atoms with E-state index in [1.54, 1.807) is 11.0 Å². The normalized spacial score (nSPS) is 27.6. The highest BCUT2D eigenvalue weighted by atomic mass is 32.2. The number of anilines is 1. The van der Waals surface area contributed by atoms with Crippen molar-refractivity contribution in [2.75, 3.05) is 11.4 Å². The molecular formula is C28H32N6O4S. The van der Waals surface area contributed by atoms with Gasteiger partial charge in [0.15, 0.2) is 0 Å². The highest BCUT2D eigenvalue weighted by Crippen LogP contribution is 2.48. The number of hydrogen-bond acceptors (Lipinski definition) is 7. The Kier molecular flexibility index (Phi) is 6.94. The highest BCUT2D eigenvalue weighted by molar-refractivity contribution is 8.04. The van der Waals surface area contributed by atoms with Crippen molar-refractivity contribution in [2.24, 2.45) is 5.92 Å². The monoisotopic (exact) mass is 548 g/mol. The van der Waals surface area contributed by atoms with Gasteiger partial charge in [-0.05, 0) is 57.4 Å². The second-order valence-corrected chi connectivity index (χ2v) is 11.6. The molecule has 1 aromatic carbocycles. The zero-order valence-corrected chi connectivity index (χ0v) is 22.7. The maximum Gasteiger partial charge on any atom is 0.326 e. The van der Waals surface area contributed by atoms with E-state index in [1.165, 1.54) is 18.7 Å². The molecule has 2 saturated heterocycles. The molecule has 2 aromatic rings. The molecule has 5 atom stereocenters. The molecule has 3 aliphatic heterocycles. The van der Waals surface area contributed by atoms with E-state index in [-0.39, 0.29) is 47.3 Å². The number of aryl methyl sites for hydroxylation is 1. The van der Waals surface area contributed by atoms with Crippen LogP contribution in [0.15, 0.2) is 53.1 Å². The number of aromatic nitrogens is 1. The van der Waals surface area contributed by atoms with Gasteiger partial charge in [-0.1, -0.05) is 30.0 Å². The lowest BCUT2D eigenvalue weighted by Crippen LogP contribution is -2.62. The van der Waals surface area contributed by atoms with Gasteiger partial charge in [-0.2, -0.15) is 0 Å². The molecule has 1 saturated carbocycles. The lowest BCUT2D eigenvalue weighted by molar-refractivity contribution is -0.121. The van der Waals surface area contributed by atoms with Gasteiger partial charge >= 0.3 is 6.03 Å². The third-order valence-electron chi connectivity index (χ3n) is 7.83. The molecule has 4 amide bonds. The maximum absolute atomic E-state index is 13.6. The number of urea groups is 1. The number of rotatable bonds is 6. The van der Waals surface area contributed by atoms with Gasteiger partial charge < -0.3 is 26.0 Å². The first-order valence-electron chi connectivity index (χ1n) is 13.4. The molecule has 11 heteroatoms. The first-order chi connectivity index (χ1) is 18.9. The second-order valence-electron chi connectivity index (χ2n) is 10.4. The number of nitrogens with one attached hydrogen (secondary N) is 4. The summed E-state index contributed by atoms with van der Waals surface area (Å²) in [6.45, 7) is 4.11. The van der Waals surface area contributed by atoms with Gasteiger partial charge in [0.25, 0.3) is 5.91 Å². The molecule has 1 aliphatic carbocycles. The van der Waals surface area contributed by atoms with Crippen LogP contribution < -0.4 is 30.9 Å². The lowest BCUT2D eigenvalue weighted by atomic mass is 9.86. The molecule has 4 heterocycles. The summed E-state index contributed by atoms with van der Waals surface area (Å²) in [4.78, 5) is 45.6. The summed E-state index contributed by atoms with van der Waals surface area (Å²) in [5.41, 5.74) is 2.10. The first-order valence-corrected chi connectivity index (χ1v) is 14.3. The summed E-state index contributed by atoms with van der Waals surface area (Å²) >= 11 is 1.48. The van der Waals surface area contributed by atoms with Crippen molar-refractivity contribution in [1.82, 2.24) is 26.3 Å². The summed E-state index contributed by atoms with van der Waals surface area (Å²) in [7, 11) is 0. The van der Waals surface area contributed by atoms with E-state index in [1.807, 2.05) is 43.3 Å². The summed E-state index contributed by atoms with van der Waals surface area (Å²) in [5.74, 6) is 0.806. The fourth-order valence-corrected chi connectivity index (χ4v) is 7.55. The number of para-hydroxylation sites is 1. The SMILES string of the molecule is CC(=O)N[C@@H]1CCC[C@H]1NC(=O)C1=C2NC(=O)N(c3ccc(Oc4ccccc4)nc3C)C3CCNC(S1)C23. The lowest BCUT2D eigenvalue weighted by Gasteiger charge is -2.46. The molecule has 10 nitrogen and oxygen atoms in total. The predicted molar refractivity (Wildman–Crippen MR) is 148 cm³/mol. The van der Waals surface area contributed by atoms with E-state index < -0.39 is 0 Å². The molecule has 204 valence electrons. The minimum absolute atomic E-state index is 0.0220. The molecule has 6 rings (SSSR count). The van der Waals surface area contributed by atoms with Gasteiger partial charge in [-0.15, -0.1) is 0 Å². The van der Waals surface area contributed by atoms with E-state index >= 15 is 0 Å². The van der Waals surface area contributed by atoms with Crippen molar-refractivity contribution in [2.45, 2.75) is 63.0 Å². The van der Waals surface area contributed by atoms with Gasteiger partial charge in [0.05, 0.1) is 27.7 Å². The molecule has 0 radical (unpaired) electrons.